The molecule has 0 fully saturated rings. The van der Waals surface area contributed by atoms with Crippen LogP contribution in [0.15, 0.2) is 18.6 Å². The highest BCUT2D eigenvalue weighted by molar-refractivity contribution is 5.53. The molecule has 0 unspecified atom stereocenters. The van der Waals surface area contributed by atoms with E-state index in [-0.39, 0.29) is 6.10 Å². The third-order valence-electron chi connectivity index (χ3n) is 2.26. The standard InChI is InChI=1S/C11H17N5O2/c1-8(2)17-5-6-18-11-10-13-3-4-16(10)7-9(14-11)15-12/h3-4,7-8,15H,5-6,12H2,1-2H3. The van der Waals surface area contributed by atoms with Gasteiger partial charge in [-0.1, -0.05) is 0 Å². The van der Waals surface area contributed by atoms with Crippen LogP contribution in [0, 0.1) is 0 Å². The molecule has 3 N–H and O–H groups in total. The second kappa shape index (κ2) is 5.65. The zero-order chi connectivity index (χ0) is 13.0. The Morgan fingerprint density at radius 2 is 2.28 bits per heavy atom. The van der Waals surface area contributed by atoms with Crippen molar-refractivity contribution in [3.05, 3.63) is 18.6 Å². The third-order valence-corrected chi connectivity index (χ3v) is 2.26. The van der Waals surface area contributed by atoms with Crippen LogP contribution in [0.5, 0.6) is 5.88 Å². The van der Waals surface area contributed by atoms with E-state index in [2.05, 4.69) is 15.4 Å². The number of ether oxygens (including phenoxy) is 2. The molecule has 0 atom stereocenters. The summed E-state index contributed by atoms with van der Waals surface area (Å²) in [6, 6.07) is 0. The molecule has 7 nitrogen and oxygen atoms in total. The normalized spacial score (nSPS) is 11.1. The first-order valence-corrected chi connectivity index (χ1v) is 5.75. The third kappa shape index (κ3) is 2.88. The summed E-state index contributed by atoms with van der Waals surface area (Å²) in [7, 11) is 0. The molecule has 2 heterocycles. The highest BCUT2D eigenvalue weighted by Gasteiger charge is 2.08. The van der Waals surface area contributed by atoms with Crippen LogP contribution in [0.3, 0.4) is 0 Å². The summed E-state index contributed by atoms with van der Waals surface area (Å²) in [5, 5.41) is 0. The lowest BCUT2D eigenvalue weighted by molar-refractivity contribution is 0.0545. The summed E-state index contributed by atoms with van der Waals surface area (Å²) in [5.74, 6) is 6.29. The predicted molar refractivity (Wildman–Crippen MR) is 67.4 cm³/mol. The van der Waals surface area contributed by atoms with Gasteiger partial charge in [0.1, 0.15) is 6.61 Å². The van der Waals surface area contributed by atoms with Gasteiger partial charge in [0, 0.05) is 12.4 Å². The summed E-state index contributed by atoms with van der Waals surface area (Å²) in [5.41, 5.74) is 3.14. The van der Waals surface area contributed by atoms with Crippen molar-refractivity contribution in [3.8, 4) is 5.88 Å². The molecule has 0 saturated heterocycles. The number of fused-ring (bicyclic) bond motifs is 1. The first-order chi connectivity index (χ1) is 8.70. The minimum atomic E-state index is 0.185. The Kier molecular flexibility index (Phi) is 3.96. The number of imidazole rings is 1. The molecule has 0 aliphatic heterocycles. The van der Waals surface area contributed by atoms with E-state index in [1.807, 2.05) is 13.8 Å². The van der Waals surface area contributed by atoms with Crippen LogP contribution >= 0.6 is 0 Å². The second-order valence-corrected chi connectivity index (χ2v) is 4.00. The zero-order valence-corrected chi connectivity index (χ0v) is 10.5. The maximum absolute atomic E-state index is 5.56. The van der Waals surface area contributed by atoms with E-state index < -0.39 is 0 Å². The van der Waals surface area contributed by atoms with Gasteiger partial charge in [-0.05, 0) is 13.8 Å². The Hall–Kier alpha value is -1.86. The monoisotopic (exact) mass is 251 g/mol. The Balaban J connectivity index is 2.08. The van der Waals surface area contributed by atoms with Crippen LogP contribution in [-0.2, 0) is 4.74 Å². The number of nitrogens with zero attached hydrogens (tertiary/aromatic N) is 3. The van der Waals surface area contributed by atoms with Crippen molar-refractivity contribution in [1.82, 2.24) is 14.4 Å². The Bertz CT molecular complexity index is 511. The molecular formula is C11H17N5O2. The number of rotatable bonds is 6. The van der Waals surface area contributed by atoms with Gasteiger partial charge < -0.3 is 14.9 Å². The fourth-order valence-corrected chi connectivity index (χ4v) is 1.49. The summed E-state index contributed by atoms with van der Waals surface area (Å²) in [6.45, 7) is 4.88. The van der Waals surface area contributed by atoms with Gasteiger partial charge in [0.2, 0.25) is 5.65 Å². The SMILES string of the molecule is CC(C)OCCOc1nc(NN)cn2ccnc12. The van der Waals surface area contributed by atoms with Gasteiger partial charge in [0.25, 0.3) is 5.88 Å². The van der Waals surface area contributed by atoms with Gasteiger partial charge in [-0.25, -0.2) is 10.8 Å². The molecule has 2 aromatic rings. The number of hydrazine groups is 1. The maximum atomic E-state index is 5.56. The molecule has 18 heavy (non-hydrogen) atoms. The van der Waals surface area contributed by atoms with Crippen molar-refractivity contribution in [2.45, 2.75) is 20.0 Å². The summed E-state index contributed by atoms with van der Waals surface area (Å²) in [6.07, 6.45) is 5.40. The average Bonchev–Trinajstić information content (AvgIpc) is 2.82. The van der Waals surface area contributed by atoms with Crippen LogP contribution in [0.1, 0.15) is 13.8 Å². The number of hydrogen-bond acceptors (Lipinski definition) is 6. The van der Waals surface area contributed by atoms with Crippen LogP contribution in [0.25, 0.3) is 5.65 Å². The Morgan fingerprint density at radius 1 is 1.44 bits per heavy atom. The van der Waals surface area contributed by atoms with E-state index in [1.165, 1.54) is 0 Å². The summed E-state index contributed by atoms with van der Waals surface area (Å²) >= 11 is 0. The Labute approximate surface area is 105 Å². The highest BCUT2D eigenvalue weighted by atomic mass is 16.5. The van der Waals surface area contributed by atoms with Crippen molar-refractivity contribution < 1.29 is 9.47 Å². The number of nitrogens with two attached hydrogens (primary N) is 1. The maximum Gasteiger partial charge on any atom is 0.260 e. The molecular weight excluding hydrogens is 234 g/mol. The van der Waals surface area contributed by atoms with Crippen LogP contribution in [-0.4, -0.2) is 33.7 Å². The molecule has 0 aliphatic rings. The second-order valence-electron chi connectivity index (χ2n) is 4.00. The average molecular weight is 251 g/mol. The van der Waals surface area contributed by atoms with Gasteiger partial charge in [-0.3, -0.25) is 4.40 Å². The summed E-state index contributed by atoms with van der Waals surface area (Å²) in [4.78, 5) is 8.39. The van der Waals surface area contributed by atoms with Crippen LogP contribution in [0.2, 0.25) is 0 Å². The van der Waals surface area contributed by atoms with E-state index >= 15 is 0 Å². The molecule has 7 heteroatoms. The van der Waals surface area contributed by atoms with Gasteiger partial charge in [0.05, 0.1) is 18.9 Å². The quantitative estimate of drug-likeness (QED) is 0.449. The largest absolute Gasteiger partial charge is 0.473 e. The van der Waals surface area contributed by atoms with Crippen molar-refractivity contribution in [3.63, 3.8) is 0 Å². The molecule has 0 aliphatic carbocycles. The predicted octanol–water partition coefficient (Wildman–Crippen LogP) is 0.819. The van der Waals surface area contributed by atoms with Gasteiger partial charge >= 0.3 is 0 Å². The van der Waals surface area contributed by atoms with E-state index in [0.717, 1.165) is 0 Å². The van der Waals surface area contributed by atoms with Gasteiger partial charge in [0.15, 0.2) is 5.82 Å². The molecule has 0 bridgehead atoms. The number of anilines is 1. The van der Waals surface area contributed by atoms with Crippen molar-refractivity contribution in [2.75, 3.05) is 18.6 Å². The van der Waals surface area contributed by atoms with E-state index in [9.17, 15) is 0 Å². The molecule has 0 saturated carbocycles. The van der Waals surface area contributed by atoms with E-state index in [1.54, 1.807) is 23.0 Å². The lowest BCUT2D eigenvalue weighted by atomic mass is 10.5. The summed E-state index contributed by atoms with van der Waals surface area (Å²) < 4.78 is 12.7. The van der Waals surface area contributed by atoms with E-state index in [0.29, 0.717) is 30.6 Å². The molecule has 0 spiro atoms. The van der Waals surface area contributed by atoms with Crippen LogP contribution < -0.4 is 16.0 Å². The van der Waals surface area contributed by atoms with Crippen LogP contribution in [0.4, 0.5) is 5.82 Å². The number of hydrogen-bond donors (Lipinski definition) is 2. The highest BCUT2D eigenvalue weighted by Crippen LogP contribution is 2.17. The minimum Gasteiger partial charge on any atom is -0.473 e. The van der Waals surface area contributed by atoms with Crippen molar-refractivity contribution >= 4 is 11.5 Å². The smallest absolute Gasteiger partial charge is 0.260 e. The molecule has 2 rings (SSSR count). The lowest BCUT2D eigenvalue weighted by Crippen LogP contribution is -2.14. The topological polar surface area (TPSA) is 86.7 Å². The molecule has 98 valence electrons. The number of nitrogens with one attached hydrogen (secondary N) is 1. The number of aromatic nitrogens is 3. The first-order valence-electron chi connectivity index (χ1n) is 5.75. The van der Waals surface area contributed by atoms with Gasteiger partial charge in [-0.15, -0.1) is 0 Å². The lowest BCUT2D eigenvalue weighted by Gasteiger charge is -2.10. The fraction of sp³-hybridized carbons (Fsp3) is 0.455. The fourth-order valence-electron chi connectivity index (χ4n) is 1.49. The van der Waals surface area contributed by atoms with E-state index in [4.69, 9.17) is 15.3 Å². The Morgan fingerprint density at radius 3 is 3.00 bits per heavy atom. The van der Waals surface area contributed by atoms with Crippen molar-refractivity contribution in [2.24, 2.45) is 5.84 Å². The van der Waals surface area contributed by atoms with Crippen molar-refractivity contribution in [1.29, 1.82) is 0 Å². The molecule has 0 radical (unpaired) electrons. The number of nitrogen functional groups attached to an aromatic ring is 1. The first kappa shape index (κ1) is 12.6. The minimum absolute atomic E-state index is 0.185. The molecule has 0 aromatic carbocycles. The molecule has 2 aromatic heterocycles. The van der Waals surface area contributed by atoms with Gasteiger partial charge in [-0.2, -0.15) is 4.98 Å². The molecule has 0 amide bonds. The zero-order valence-electron chi connectivity index (χ0n) is 10.5.